The van der Waals surface area contributed by atoms with E-state index in [9.17, 15) is 4.79 Å². The fraction of sp³-hybridized carbons (Fsp3) is 0.250. The van der Waals surface area contributed by atoms with Crippen molar-refractivity contribution >= 4 is 14.2 Å². The maximum atomic E-state index is 13.9. The summed E-state index contributed by atoms with van der Waals surface area (Å²) in [5.41, 5.74) is 4.15. The normalized spacial score (nSPS) is 18.8. The fourth-order valence-corrected chi connectivity index (χ4v) is 5.34. The van der Waals surface area contributed by atoms with E-state index in [-0.39, 0.29) is 18.0 Å². The lowest BCUT2D eigenvalue weighted by Crippen LogP contribution is -2.41. The lowest BCUT2D eigenvalue weighted by Gasteiger charge is -2.43. The highest BCUT2D eigenvalue weighted by atomic mass is 28.4. The third-order valence-electron chi connectivity index (χ3n) is 5.75. The van der Waals surface area contributed by atoms with Crippen LogP contribution in [-0.2, 0) is 4.43 Å². The van der Waals surface area contributed by atoms with Gasteiger partial charge in [-0.05, 0) is 61.5 Å². The second kappa shape index (κ2) is 9.17. The van der Waals surface area contributed by atoms with Crippen LogP contribution < -0.4 is 0 Å². The molecule has 3 aromatic carbocycles. The molecule has 0 aromatic heterocycles. The topological polar surface area (TPSA) is 29.5 Å². The molecule has 1 aliphatic rings. The van der Waals surface area contributed by atoms with E-state index >= 15 is 0 Å². The molecular weight excluding hydrogens is 410 g/mol. The van der Waals surface area contributed by atoms with Gasteiger partial charge in [0, 0.05) is 12.0 Å². The first-order valence-corrected chi connectivity index (χ1v) is 14.6. The Morgan fingerprint density at radius 1 is 0.875 bits per heavy atom. The molecular formula is C28H31NO2Si. The smallest absolute Gasteiger partial charge is 0.255 e. The summed E-state index contributed by atoms with van der Waals surface area (Å²) < 4.78 is 6.52. The quantitative estimate of drug-likeness (QED) is 0.397. The summed E-state index contributed by atoms with van der Waals surface area (Å²) in [6.45, 7) is 8.73. The van der Waals surface area contributed by atoms with Crippen LogP contribution in [0, 0.1) is 6.92 Å². The Hall–Kier alpha value is -3.11. The maximum absolute atomic E-state index is 13.9. The first kappa shape index (κ1) is 22.1. The Morgan fingerprint density at radius 3 is 2.09 bits per heavy atom. The lowest BCUT2D eigenvalue weighted by molar-refractivity contribution is 0.0567. The zero-order chi connectivity index (χ0) is 22.7. The molecule has 1 amide bonds. The van der Waals surface area contributed by atoms with Gasteiger partial charge in [0.1, 0.15) is 0 Å². The summed E-state index contributed by atoms with van der Waals surface area (Å²) in [6, 6.07) is 27.9. The standard InChI is InChI=1S/C28H31NO2Si/c1-21-13-11-12-18-25(21)27-20-24(31-32(2,3)4)19-26(22-14-7-5-8-15-22)29(27)28(30)23-16-9-6-10-17-23/h5-19,26-27H,20H2,1-4H3/t26-,27-/m1/s1. The van der Waals surface area contributed by atoms with Gasteiger partial charge in [0.2, 0.25) is 8.32 Å². The van der Waals surface area contributed by atoms with Crippen LogP contribution in [0.1, 0.15) is 45.6 Å². The zero-order valence-corrected chi connectivity index (χ0v) is 20.3. The number of hydrogen-bond donors (Lipinski definition) is 0. The molecule has 164 valence electrons. The lowest BCUT2D eigenvalue weighted by atomic mass is 9.88. The Labute approximate surface area is 192 Å². The fourth-order valence-electron chi connectivity index (χ4n) is 4.40. The van der Waals surface area contributed by atoms with Gasteiger partial charge in [0.05, 0.1) is 17.8 Å². The van der Waals surface area contributed by atoms with Gasteiger partial charge < -0.3 is 9.33 Å². The van der Waals surface area contributed by atoms with Gasteiger partial charge in [0.15, 0.2) is 0 Å². The molecule has 0 fully saturated rings. The Kier molecular flexibility index (Phi) is 6.33. The average Bonchev–Trinajstić information content (AvgIpc) is 2.78. The number of rotatable bonds is 5. The molecule has 4 rings (SSSR count). The van der Waals surface area contributed by atoms with Crippen molar-refractivity contribution in [2.24, 2.45) is 0 Å². The number of hydrogen-bond acceptors (Lipinski definition) is 2. The number of carbonyl (C=O) groups is 1. The van der Waals surface area contributed by atoms with Gasteiger partial charge in [-0.2, -0.15) is 0 Å². The molecule has 0 unspecified atom stereocenters. The van der Waals surface area contributed by atoms with Gasteiger partial charge in [-0.25, -0.2) is 0 Å². The van der Waals surface area contributed by atoms with Crippen LogP contribution in [0.5, 0.6) is 0 Å². The first-order chi connectivity index (χ1) is 15.3. The van der Waals surface area contributed by atoms with Crippen LogP contribution in [0.2, 0.25) is 19.6 Å². The monoisotopic (exact) mass is 441 g/mol. The molecule has 3 aromatic rings. The third kappa shape index (κ3) is 4.86. The molecule has 0 radical (unpaired) electrons. The molecule has 0 saturated carbocycles. The van der Waals surface area contributed by atoms with Crippen LogP contribution in [0.4, 0.5) is 0 Å². The number of aryl methyl sites for hydroxylation is 1. The molecule has 32 heavy (non-hydrogen) atoms. The molecule has 0 spiro atoms. The van der Waals surface area contributed by atoms with E-state index in [0.29, 0.717) is 12.0 Å². The van der Waals surface area contributed by atoms with Crippen LogP contribution in [0.15, 0.2) is 96.8 Å². The summed E-state index contributed by atoms with van der Waals surface area (Å²) >= 11 is 0. The number of benzene rings is 3. The van der Waals surface area contributed by atoms with Gasteiger partial charge in [-0.15, -0.1) is 0 Å². The summed E-state index contributed by atoms with van der Waals surface area (Å²) in [7, 11) is -1.80. The average molecular weight is 442 g/mol. The molecule has 4 heteroatoms. The SMILES string of the molecule is Cc1ccccc1[C@H]1CC(O[Si](C)(C)C)=C[C@H](c2ccccc2)N1C(=O)c1ccccc1. The second-order valence-corrected chi connectivity index (χ2v) is 13.8. The third-order valence-corrected chi connectivity index (χ3v) is 6.63. The largest absolute Gasteiger partial charge is 0.547 e. The van der Waals surface area contributed by atoms with Gasteiger partial charge in [-0.1, -0.05) is 72.8 Å². The molecule has 0 saturated heterocycles. The first-order valence-electron chi connectivity index (χ1n) is 11.2. The molecule has 0 bridgehead atoms. The minimum atomic E-state index is -1.80. The van der Waals surface area contributed by atoms with Crippen molar-refractivity contribution in [3.63, 3.8) is 0 Å². The van der Waals surface area contributed by atoms with Crippen molar-refractivity contribution in [2.75, 3.05) is 0 Å². The number of nitrogens with zero attached hydrogens (tertiary/aromatic N) is 1. The van der Waals surface area contributed by atoms with Crippen molar-refractivity contribution in [2.45, 2.75) is 45.1 Å². The summed E-state index contributed by atoms with van der Waals surface area (Å²) in [6.07, 6.45) is 2.83. The van der Waals surface area contributed by atoms with Crippen molar-refractivity contribution in [3.8, 4) is 0 Å². The predicted molar refractivity (Wildman–Crippen MR) is 133 cm³/mol. The second-order valence-electron chi connectivity index (χ2n) is 9.36. The molecule has 1 heterocycles. The van der Waals surface area contributed by atoms with Crippen molar-refractivity contribution in [1.29, 1.82) is 0 Å². The number of amides is 1. The highest BCUT2D eigenvalue weighted by molar-refractivity contribution is 6.70. The van der Waals surface area contributed by atoms with E-state index in [2.05, 4.69) is 69.0 Å². The minimum absolute atomic E-state index is 0.0380. The Balaban J connectivity index is 1.88. The number of carbonyl (C=O) groups excluding carboxylic acids is 1. The molecule has 0 N–H and O–H groups in total. The van der Waals surface area contributed by atoms with E-state index < -0.39 is 8.32 Å². The minimum Gasteiger partial charge on any atom is -0.547 e. The van der Waals surface area contributed by atoms with Crippen molar-refractivity contribution < 1.29 is 9.22 Å². The van der Waals surface area contributed by atoms with E-state index in [0.717, 1.165) is 11.3 Å². The highest BCUT2D eigenvalue weighted by Crippen LogP contribution is 2.43. The molecule has 1 aliphatic heterocycles. The summed E-state index contributed by atoms with van der Waals surface area (Å²) in [5, 5.41) is 0. The highest BCUT2D eigenvalue weighted by Gasteiger charge is 2.38. The predicted octanol–water partition coefficient (Wildman–Crippen LogP) is 7.06. The van der Waals surface area contributed by atoms with Gasteiger partial charge in [-0.3, -0.25) is 4.79 Å². The molecule has 0 aliphatic carbocycles. The Morgan fingerprint density at radius 2 is 1.47 bits per heavy atom. The van der Waals surface area contributed by atoms with Crippen LogP contribution in [0.3, 0.4) is 0 Å². The maximum Gasteiger partial charge on any atom is 0.255 e. The van der Waals surface area contributed by atoms with Gasteiger partial charge in [0.25, 0.3) is 5.91 Å². The van der Waals surface area contributed by atoms with E-state index in [1.165, 1.54) is 11.1 Å². The Bertz CT molecular complexity index is 1100. The summed E-state index contributed by atoms with van der Waals surface area (Å²) in [4.78, 5) is 16.0. The zero-order valence-electron chi connectivity index (χ0n) is 19.3. The van der Waals surface area contributed by atoms with Crippen LogP contribution >= 0.6 is 0 Å². The van der Waals surface area contributed by atoms with Crippen LogP contribution in [-0.4, -0.2) is 19.1 Å². The van der Waals surface area contributed by atoms with Gasteiger partial charge >= 0.3 is 0 Å². The summed E-state index contributed by atoms with van der Waals surface area (Å²) in [5.74, 6) is 1.03. The van der Waals surface area contributed by atoms with Crippen LogP contribution in [0.25, 0.3) is 0 Å². The van der Waals surface area contributed by atoms with Crippen molar-refractivity contribution in [1.82, 2.24) is 4.90 Å². The van der Waals surface area contributed by atoms with Crippen molar-refractivity contribution in [3.05, 3.63) is 119 Å². The molecule has 3 nitrogen and oxygen atoms in total. The van der Waals surface area contributed by atoms with E-state index in [1.54, 1.807) is 0 Å². The molecule has 2 atom stereocenters. The van der Waals surface area contributed by atoms with E-state index in [4.69, 9.17) is 4.43 Å². The van der Waals surface area contributed by atoms with E-state index in [1.807, 2.05) is 53.4 Å².